The van der Waals surface area contributed by atoms with E-state index >= 15 is 0 Å². The molecule has 0 spiro atoms. The van der Waals surface area contributed by atoms with Crippen LogP contribution >= 0.6 is 35.7 Å². The predicted octanol–water partition coefficient (Wildman–Crippen LogP) is 3.18. The van der Waals surface area contributed by atoms with Gasteiger partial charge in [0.2, 0.25) is 0 Å². The van der Waals surface area contributed by atoms with Gasteiger partial charge in [0.1, 0.15) is 0 Å². The van der Waals surface area contributed by atoms with Crippen molar-refractivity contribution in [1.29, 1.82) is 0 Å². The summed E-state index contributed by atoms with van der Waals surface area (Å²) in [6.45, 7) is 8.65. The second kappa shape index (κ2) is 16.2. The minimum absolute atomic E-state index is 0. The summed E-state index contributed by atoms with van der Waals surface area (Å²) < 4.78 is 0. The van der Waals surface area contributed by atoms with Crippen LogP contribution in [0.1, 0.15) is 45.4 Å². The van der Waals surface area contributed by atoms with E-state index in [0.717, 1.165) is 32.1 Å². The molecular weight excluding hydrogens is 407 g/mol. The highest BCUT2D eigenvalue weighted by Gasteiger charge is 2.08. The molecule has 1 aliphatic heterocycles. The second-order valence-corrected chi connectivity index (χ2v) is 6.63. The minimum Gasteiger partial charge on any atom is -0.357 e. The summed E-state index contributed by atoms with van der Waals surface area (Å²) >= 11 is 1.92. The molecule has 0 aliphatic carbocycles. The Labute approximate surface area is 158 Å². The molecule has 0 atom stereocenters. The van der Waals surface area contributed by atoms with Crippen molar-refractivity contribution in [3.8, 4) is 0 Å². The minimum atomic E-state index is 0. The Morgan fingerprint density at radius 2 is 1.82 bits per heavy atom. The lowest BCUT2D eigenvalue weighted by Crippen LogP contribution is -2.41. The molecule has 0 radical (unpaired) electrons. The molecule has 0 aromatic carbocycles. The predicted molar refractivity (Wildman–Crippen MR) is 112 cm³/mol. The molecule has 1 rings (SSSR count). The highest BCUT2D eigenvalue weighted by atomic mass is 127. The van der Waals surface area contributed by atoms with Crippen LogP contribution in [-0.2, 0) is 0 Å². The summed E-state index contributed by atoms with van der Waals surface area (Å²) in [4.78, 5) is 7.24. The number of hydrogen-bond acceptors (Lipinski definition) is 3. The molecule has 1 heterocycles. The van der Waals surface area contributed by atoms with Gasteiger partial charge in [0.05, 0.1) is 0 Å². The molecule has 4 nitrogen and oxygen atoms in total. The van der Waals surface area contributed by atoms with Crippen molar-refractivity contribution >= 4 is 41.7 Å². The summed E-state index contributed by atoms with van der Waals surface area (Å²) in [5.74, 6) is 2.23. The van der Waals surface area contributed by atoms with Gasteiger partial charge in [-0.15, -0.1) is 24.0 Å². The van der Waals surface area contributed by atoms with Crippen LogP contribution in [0.3, 0.4) is 0 Å². The van der Waals surface area contributed by atoms with Gasteiger partial charge in [-0.05, 0) is 57.7 Å². The number of hydrogen-bond donors (Lipinski definition) is 2. The van der Waals surface area contributed by atoms with Gasteiger partial charge in [0.15, 0.2) is 5.96 Å². The van der Waals surface area contributed by atoms with Gasteiger partial charge in [0, 0.05) is 26.2 Å². The lowest BCUT2D eigenvalue weighted by Gasteiger charge is -2.20. The molecule has 0 saturated carbocycles. The fraction of sp³-hybridized carbons (Fsp3) is 0.938. The zero-order valence-electron chi connectivity index (χ0n) is 14.4. The number of halogens is 1. The summed E-state index contributed by atoms with van der Waals surface area (Å²) in [5.41, 5.74) is 0. The van der Waals surface area contributed by atoms with E-state index in [1.54, 1.807) is 0 Å². The molecule has 22 heavy (non-hydrogen) atoms. The molecule has 132 valence electrons. The number of nitrogens with zero attached hydrogens (tertiary/aromatic N) is 2. The Hall–Kier alpha value is 0.310. The number of rotatable bonds is 9. The first-order valence-corrected chi connectivity index (χ1v) is 9.99. The summed E-state index contributed by atoms with van der Waals surface area (Å²) in [6, 6.07) is 0. The molecule has 1 saturated heterocycles. The maximum Gasteiger partial charge on any atom is 0.191 e. The van der Waals surface area contributed by atoms with E-state index in [1.807, 2.05) is 11.8 Å². The van der Waals surface area contributed by atoms with Crippen LogP contribution in [0.25, 0.3) is 0 Å². The smallest absolute Gasteiger partial charge is 0.191 e. The van der Waals surface area contributed by atoms with Crippen molar-refractivity contribution in [2.75, 3.05) is 51.3 Å². The van der Waals surface area contributed by atoms with Gasteiger partial charge in [0.25, 0.3) is 0 Å². The average molecular weight is 442 g/mol. The standard InChI is InChI=1S/C16H34N4S.HI/c1-3-17-16(18-10-6-9-15-21-2)19-11-14-20-12-7-4-5-8-13-20;/h3-15H2,1-2H3,(H2,17,18,19);1H. The molecule has 0 aromatic heterocycles. The normalized spacial score (nSPS) is 16.7. The van der Waals surface area contributed by atoms with E-state index in [9.17, 15) is 0 Å². The van der Waals surface area contributed by atoms with Crippen LogP contribution in [0.4, 0.5) is 0 Å². The van der Waals surface area contributed by atoms with Crippen LogP contribution in [-0.4, -0.2) is 62.1 Å². The number of thioether (sulfide) groups is 1. The van der Waals surface area contributed by atoms with Crippen molar-refractivity contribution in [3.05, 3.63) is 0 Å². The van der Waals surface area contributed by atoms with Gasteiger partial charge >= 0.3 is 0 Å². The Morgan fingerprint density at radius 1 is 1.09 bits per heavy atom. The van der Waals surface area contributed by atoms with E-state index in [0.29, 0.717) is 0 Å². The number of guanidine groups is 1. The fourth-order valence-corrected chi connectivity index (χ4v) is 3.08. The van der Waals surface area contributed by atoms with Gasteiger partial charge in [-0.2, -0.15) is 11.8 Å². The zero-order valence-corrected chi connectivity index (χ0v) is 17.6. The largest absolute Gasteiger partial charge is 0.357 e. The molecule has 6 heteroatoms. The number of aliphatic imine (C=N–C) groups is 1. The molecular formula is C16H35IN4S. The summed E-state index contributed by atoms with van der Waals surface area (Å²) in [7, 11) is 0. The molecule has 2 N–H and O–H groups in total. The molecule has 1 aliphatic rings. The first kappa shape index (κ1) is 22.3. The summed E-state index contributed by atoms with van der Waals surface area (Å²) in [5, 5.41) is 6.81. The second-order valence-electron chi connectivity index (χ2n) is 5.64. The third-order valence-electron chi connectivity index (χ3n) is 3.79. The van der Waals surface area contributed by atoms with E-state index in [4.69, 9.17) is 0 Å². The van der Waals surface area contributed by atoms with E-state index in [-0.39, 0.29) is 24.0 Å². The number of likely N-dealkylation sites (tertiary alicyclic amines) is 1. The first-order valence-electron chi connectivity index (χ1n) is 8.60. The molecule has 1 fully saturated rings. The Balaban J connectivity index is 0.00000441. The highest BCUT2D eigenvalue weighted by molar-refractivity contribution is 14.0. The van der Waals surface area contributed by atoms with Crippen molar-refractivity contribution in [2.45, 2.75) is 45.4 Å². The third kappa shape index (κ3) is 11.8. The monoisotopic (exact) mass is 442 g/mol. The zero-order chi connectivity index (χ0) is 15.2. The van der Waals surface area contributed by atoms with Crippen molar-refractivity contribution < 1.29 is 0 Å². The van der Waals surface area contributed by atoms with Crippen molar-refractivity contribution in [2.24, 2.45) is 4.99 Å². The third-order valence-corrected chi connectivity index (χ3v) is 4.49. The maximum atomic E-state index is 4.65. The van der Waals surface area contributed by atoms with Crippen LogP contribution in [0.15, 0.2) is 4.99 Å². The van der Waals surface area contributed by atoms with Gasteiger partial charge in [-0.3, -0.25) is 4.99 Å². The van der Waals surface area contributed by atoms with Gasteiger partial charge in [-0.25, -0.2) is 0 Å². The quantitative estimate of drug-likeness (QED) is 0.249. The SMILES string of the molecule is CCNC(=NCCCCSC)NCCN1CCCCCC1.I. The number of unbranched alkanes of at least 4 members (excludes halogenated alkanes) is 1. The van der Waals surface area contributed by atoms with Crippen LogP contribution < -0.4 is 10.6 Å². The fourth-order valence-electron chi connectivity index (χ4n) is 2.58. The van der Waals surface area contributed by atoms with Crippen LogP contribution in [0.5, 0.6) is 0 Å². The highest BCUT2D eigenvalue weighted by Crippen LogP contribution is 2.08. The van der Waals surface area contributed by atoms with Crippen molar-refractivity contribution in [1.82, 2.24) is 15.5 Å². The van der Waals surface area contributed by atoms with E-state index < -0.39 is 0 Å². The molecule has 0 amide bonds. The Kier molecular flexibility index (Phi) is 16.4. The van der Waals surface area contributed by atoms with Gasteiger partial charge < -0.3 is 15.5 Å². The lowest BCUT2D eigenvalue weighted by atomic mass is 10.2. The summed E-state index contributed by atoms with van der Waals surface area (Å²) in [6.07, 6.45) is 10.2. The topological polar surface area (TPSA) is 39.7 Å². The Bertz CT molecular complexity index is 269. The first-order chi connectivity index (χ1) is 10.4. The molecule has 0 unspecified atom stereocenters. The van der Waals surface area contributed by atoms with E-state index in [1.165, 1.54) is 57.4 Å². The molecule has 0 bridgehead atoms. The Morgan fingerprint density at radius 3 is 2.45 bits per heavy atom. The van der Waals surface area contributed by atoms with Crippen LogP contribution in [0.2, 0.25) is 0 Å². The van der Waals surface area contributed by atoms with E-state index in [2.05, 4.69) is 33.7 Å². The average Bonchev–Trinajstić information content (AvgIpc) is 2.76. The lowest BCUT2D eigenvalue weighted by molar-refractivity contribution is 0.289. The molecule has 0 aromatic rings. The van der Waals surface area contributed by atoms with Gasteiger partial charge in [-0.1, -0.05) is 12.8 Å². The van der Waals surface area contributed by atoms with Crippen LogP contribution in [0, 0.1) is 0 Å². The maximum absolute atomic E-state index is 4.65. The number of nitrogens with one attached hydrogen (secondary N) is 2. The van der Waals surface area contributed by atoms with Crippen molar-refractivity contribution in [3.63, 3.8) is 0 Å².